The lowest BCUT2D eigenvalue weighted by atomic mass is 9.80. The highest BCUT2D eigenvalue weighted by molar-refractivity contribution is 6.62. The molecule has 0 spiro atoms. The molecule has 19 heavy (non-hydrogen) atoms. The predicted molar refractivity (Wildman–Crippen MR) is 75.6 cm³/mol. The topological polar surface area (TPSA) is 40.6 Å². The summed E-state index contributed by atoms with van der Waals surface area (Å²) in [4.78, 5) is 4.14. The molecular formula is C14H20BNO3. The average Bonchev–Trinajstić information content (AvgIpc) is 2.56. The van der Waals surface area contributed by atoms with Gasteiger partial charge in [-0.3, -0.25) is 0 Å². The van der Waals surface area contributed by atoms with Gasteiger partial charge >= 0.3 is 7.12 Å². The molecule has 0 saturated carbocycles. The van der Waals surface area contributed by atoms with E-state index in [2.05, 4.69) is 11.6 Å². The molecule has 0 N–H and O–H groups in total. The molecule has 1 aliphatic rings. The number of nitrogens with zero attached hydrogens (tertiary/aromatic N) is 1. The number of hydrogen-bond acceptors (Lipinski definition) is 4. The maximum Gasteiger partial charge on any atom is 0.495 e. The zero-order valence-electron chi connectivity index (χ0n) is 12.0. The lowest BCUT2D eigenvalue weighted by Gasteiger charge is -2.32. The molecule has 1 aromatic rings. The van der Waals surface area contributed by atoms with Gasteiger partial charge in [0.1, 0.15) is 6.61 Å². The summed E-state index contributed by atoms with van der Waals surface area (Å²) in [5.74, 6) is 0.548. The molecule has 2 rings (SSSR count). The van der Waals surface area contributed by atoms with Crippen molar-refractivity contribution in [1.82, 2.24) is 4.98 Å². The van der Waals surface area contributed by atoms with Gasteiger partial charge in [-0.25, -0.2) is 4.98 Å². The summed E-state index contributed by atoms with van der Waals surface area (Å²) in [5, 5.41) is 0. The highest BCUT2D eigenvalue weighted by atomic mass is 16.7. The first-order chi connectivity index (χ1) is 8.86. The average molecular weight is 261 g/mol. The van der Waals surface area contributed by atoms with Crippen LogP contribution in [-0.2, 0) is 9.31 Å². The first-order valence-electron chi connectivity index (χ1n) is 6.41. The van der Waals surface area contributed by atoms with Gasteiger partial charge < -0.3 is 14.0 Å². The number of aromatic nitrogens is 1. The third kappa shape index (κ3) is 2.82. The highest BCUT2D eigenvalue weighted by Gasteiger charge is 2.51. The summed E-state index contributed by atoms with van der Waals surface area (Å²) in [6.07, 6.45) is 3.38. The minimum Gasteiger partial charge on any atom is -0.473 e. The SMILES string of the molecule is C=CCOc1cc(B2OC(C)(C)C(C)(C)O2)ccn1. The van der Waals surface area contributed by atoms with Crippen LogP contribution in [0.2, 0.25) is 0 Å². The molecule has 1 fully saturated rings. The summed E-state index contributed by atoms with van der Waals surface area (Å²) >= 11 is 0. The Morgan fingerprint density at radius 3 is 2.53 bits per heavy atom. The third-order valence-corrected chi connectivity index (χ3v) is 3.63. The Morgan fingerprint density at radius 1 is 1.32 bits per heavy atom. The minimum atomic E-state index is -0.390. The Bertz CT molecular complexity index is 458. The molecule has 0 aliphatic carbocycles. The Balaban J connectivity index is 2.17. The number of pyridine rings is 1. The Hall–Kier alpha value is -1.33. The monoisotopic (exact) mass is 261 g/mol. The van der Waals surface area contributed by atoms with E-state index in [1.165, 1.54) is 0 Å². The van der Waals surface area contributed by atoms with E-state index >= 15 is 0 Å². The second kappa shape index (κ2) is 4.98. The van der Waals surface area contributed by atoms with Crippen LogP contribution in [0.4, 0.5) is 0 Å². The zero-order chi connectivity index (χ0) is 14.1. The maximum atomic E-state index is 5.98. The van der Waals surface area contributed by atoms with Gasteiger partial charge in [0.2, 0.25) is 5.88 Å². The summed E-state index contributed by atoms with van der Waals surface area (Å²) < 4.78 is 17.4. The molecule has 1 aromatic heterocycles. The van der Waals surface area contributed by atoms with E-state index in [-0.39, 0.29) is 18.3 Å². The van der Waals surface area contributed by atoms with Crippen molar-refractivity contribution in [2.75, 3.05) is 6.61 Å². The maximum absolute atomic E-state index is 5.98. The van der Waals surface area contributed by atoms with Crippen LogP contribution in [0.1, 0.15) is 27.7 Å². The second-order valence-electron chi connectivity index (χ2n) is 5.62. The molecule has 0 unspecified atom stereocenters. The first kappa shape index (κ1) is 14.1. The van der Waals surface area contributed by atoms with Gasteiger partial charge in [0.05, 0.1) is 11.2 Å². The molecule has 5 heteroatoms. The van der Waals surface area contributed by atoms with Crippen molar-refractivity contribution < 1.29 is 14.0 Å². The smallest absolute Gasteiger partial charge is 0.473 e. The van der Waals surface area contributed by atoms with E-state index in [1.807, 2.05) is 39.8 Å². The molecule has 0 amide bonds. The van der Waals surface area contributed by atoms with Crippen LogP contribution in [0.5, 0.6) is 5.88 Å². The fraction of sp³-hybridized carbons (Fsp3) is 0.500. The quantitative estimate of drug-likeness (QED) is 0.613. The normalized spacial score (nSPS) is 20.3. The van der Waals surface area contributed by atoms with Crippen LogP contribution in [0, 0.1) is 0 Å². The van der Waals surface area contributed by atoms with E-state index in [0.717, 1.165) is 5.46 Å². The van der Waals surface area contributed by atoms with Gasteiger partial charge in [-0.1, -0.05) is 12.7 Å². The largest absolute Gasteiger partial charge is 0.495 e. The van der Waals surface area contributed by atoms with Crippen molar-refractivity contribution in [3.63, 3.8) is 0 Å². The van der Waals surface area contributed by atoms with E-state index in [0.29, 0.717) is 12.5 Å². The fourth-order valence-corrected chi connectivity index (χ4v) is 1.77. The molecule has 1 saturated heterocycles. The van der Waals surface area contributed by atoms with Crippen LogP contribution >= 0.6 is 0 Å². The third-order valence-electron chi connectivity index (χ3n) is 3.63. The van der Waals surface area contributed by atoms with Crippen LogP contribution in [0.15, 0.2) is 31.0 Å². The molecule has 0 aromatic carbocycles. The van der Waals surface area contributed by atoms with Crippen molar-refractivity contribution in [3.8, 4) is 5.88 Å². The Morgan fingerprint density at radius 2 is 1.95 bits per heavy atom. The van der Waals surface area contributed by atoms with Gasteiger partial charge in [-0.05, 0) is 39.2 Å². The van der Waals surface area contributed by atoms with Gasteiger partial charge in [0.15, 0.2) is 0 Å². The number of ether oxygens (including phenoxy) is 1. The Labute approximate surface area is 114 Å². The van der Waals surface area contributed by atoms with E-state index in [1.54, 1.807) is 12.3 Å². The highest BCUT2D eigenvalue weighted by Crippen LogP contribution is 2.36. The number of hydrogen-bond donors (Lipinski definition) is 0. The summed E-state index contributed by atoms with van der Waals surface area (Å²) in [6.45, 7) is 12.2. The molecule has 0 atom stereocenters. The molecule has 2 heterocycles. The fourth-order valence-electron chi connectivity index (χ4n) is 1.77. The van der Waals surface area contributed by atoms with Crippen LogP contribution in [0.3, 0.4) is 0 Å². The van der Waals surface area contributed by atoms with Crippen LogP contribution < -0.4 is 10.2 Å². The molecule has 0 radical (unpaired) electrons. The van der Waals surface area contributed by atoms with Crippen molar-refractivity contribution >= 4 is 12.6 Å². The molecule has 4 nitrogen and oxygen atoms in total. The lowest BCUT2D eigenvalue weighted by Crippen LogP contribution is -2.41. The van der Waals surface area contributed by atoms with Crippen molar-refractivity contribution in [2.24, 2.45) is 0 Å². The van der Waals surface area contributed by atoms with Crippen LogP contribution in [-0.4, -0.2) is 29.9 Å². The summed E-state index contributed by atoms with van der Waals surface area (Å²) in [6, 6.07) is 3.72. The lowest BCUT2D eigenvalue weighted by molar-refractivity contribution is 0.00578. The van der Waals surface area contributed by atoms with Crippen molar-refractivity contribution in [2.45, 2.75) is 38.9 Å². The summed E-state index contributed by atoms with van der Waals surface area (Å²) in [5.41, 5.74) is 0.222. The van der Waals surface area contributed by atoms with Crippen molar-refractivity contribution in [1.29, 1.82) is 0 Å². The van der Waals surface area contributed by atoms with Gasteiger partial charge in [0, 0.05) is 12.3 Å². The van der Waals surface area contributed by atoms with Gasteiger partial charge in [-0.2, -0.15) is 0 Å². The van der Waals surface area contributed by atoms with Gasteiger partial charge in [0.25, 0.3) is 0 Å². The second-order valence-corrected chi connectivity index (χ2v) is 5.62. The predicted octanol–water partition coefficient (Wildman–Crippen LogP) is 1.95. The Kier molecular flexibility index (Phi) is 3.70. The van der Waals surface area contributed by atoms with E-state index in [4.69, 9.17) is 14.0 Å². The first-order valence-corrected chi connectivity index (χ1v) is 6.41. The molecule has 1 aliphatic heterocycles. The van der Waals surface area contributed by atoms with Crippen LogP contribution in [0.25, 0.3) is 0 Å². The summed E-state index contributed by atoms with van der Waals surface area (Å²) in [7, 11) is -0.390. The minimum absolute atomic E-state index is 0.344. The molecule has 102 valence electrons. The standard InChI is InChI=1S/C14H20BNO3/c1-6-9-17-12-10-11(7-8-16-12)15-18-13(2,3)14(4,5)19-15/h6-8,10H,1,9H2,2-5H3. The van der Waals surface area contributed by atoms with Crippen molar-refractivity contribution in [3.05, 3.63) is 31.0 Å². The molecular weight excluding hydrogens is 241 g/mol. The molecule has 0 bridgehead atoms. The zero-order valence-corrected chi connectivity index (χ0v) is 12.0. The van der Waals surface area contributed by atoms with Gasteiger partial charge in [-0.15, -0.1) is 0 Å². The van der Waals surface area contributed by atoms with E-state index in [9.17, 15) is 0 Å². The number of rotatable bonds is 4. The van der Waals surface area contributed by atoms with E-state index < -0.39 is 0 Å².